The highest BCUT2D eigenvalue weighted by molar-refractivity contribution is 7.99. The minimum Gasteiger partial charge on any atom is -0.353 e. The van der Waals surface area contributed by atoms with E-state index in [4.69, 9.17) is 0 Å². The molecule has 3 rings (SSSR count). The molecule has 0 saturated carbocycles. The summed E-state index contributed by atoms with van der Waals surface area (Å²) >= 11 is 2.93. The van der Waals surface area contributed by atoms with Crippen LogP contribution in [0.4, 0.5) is 0 Å². The fourth-order valence-corrected chi connectivity index (χ4v) is 4.77. The van der Waals surface area contributed by atoms with E-state index in [1.807, 2.05) is 42.6 Å². The minimum atomic E-state index is -0.127. The molecule has 2 N–H and O–H groups in total. The lowest BCUT2D eigenvalue weighted by atomic mass is 10.0. The number of benzene rings is 1. The van der Waals surface area contributed by atoms with Crippen LogP contribution in [-0.4, -0.2) is 27.7 Å². The Labute approximate surface area is 179 Å². The van der Waals surface area contributed by atoms with Crippen molar-refractivity contribution >= 4 is 39.2 Å². The molecule has 0 saturated heterocycles. The van der Waals surface area contributed by atoms with E-state index in [9.17, 15) is 9.59 Å². The number of fused-ring (bicyclic) bond motifs is 1. The number of H-pyrrole nitrogens is 1. The molecule has 7 heteroatoms. The van der Waals surface area contributed by atoms with Crippen LogP contribution in [0, 0.1) is 5.92 Å². The predicted molar refractivity (Wildman–Crippen MR) is 124 cm³/mol. The maximum atomic E-state index is 12.6. The van der Waals surface area contributed by atoms with E-state index in [0.29, 0.717) is 28.6 Å². The van der Waals surface area contributed by atoms with Crippen molar-refractivity contribution in [3.63, 3.8) is 0 Å². The summed E-state index contributed by atoms with van der Waals surface area (Å²) in [6.45, 7) is 6.41. The number of carbonyl (C=O) groups is 1. The summed E-state index contributed by atoms with van der Waals surface area (Å²) in [6.07, 6.45) is 2.09. The van der Waals surface area contributed by atoms with Crippen LogP contribution in [0.25, 0.3) is 21.3 Å². The SMILES string of the molecule is CC(C)CCC(C)NC(=O)CSCc1nc2scc(-c3ccccc3)c2c(=O)[nH]1. The van der Waals surface area contributed by atoms with Crippen LogP contribution in [0.3, 0.4) is 0 Å². The third kappa shape index (κ3) is 5.93. The monoisotopic (exact) mass is 429 g/mol. The quantitative estimate of drug-likeness (QED) is 0.511. The van der Waals surface area contributed by atoms with E-state index < -0.39 is 0 Å². The number of aromatic amines is 1. The smallest absolute Gasteiger partial charge is 0.260 e. The molecule has 2 aromatic heterocycles. The van der Waals surface area contributed by atoms with Crippen LogP contribution in [-0.2, 0) is 10.5 Å². The first-order chi connectivity index (χ1) is 13.9. The average Bonchev–Trinajstić information content (AvgIpc) is 3.11. The molecule has 1 unspecified atom stereocenters. The third-order valence-electron chi connectivity index (χ3n) is 4.63. The number of rotatable bonds is 9. The zero-order valence-electron chi connectivity index (χ0n) is 17.0. The van der Waals surface area contributed by atoms with Gasteiger partial charge in [0.15, 0.2) is 0 Å². The Balaban J connectivity index is 1.59. The second-order valence-electron chi connectivity index (χ2n) is 7.64. The topological polar surface area (TPSA) is 74.8 Å². The summed E-state index contributed by atoms with van der Waals surface area (Å²) in [4.78, 5) is 33.0. The summed E-state index contributed by atoms with van der Waals surface area (Å²) in [5.74, 6) is 2.12. The van der Waals surface area contributed by atoms with Gasteiger partial charge in [-0.1, -0.05) is 44.2 Å². The molecular formula is C22H27N3O2S2. The van der Waals surface area contributed by atoms with Gasteiger partial charge in [-0.25, -0.2) is 4.98 Å². The molecule has 5 nitrogen and oxygen atoms in total. The summed E-state index contributed by atoms with van der Waals surface area (Å²) in [5.41, 5.74) is 1.79. The van der Waals surface area contributed by atoms with E-state index in [0.717, 1.165) is 28.8 Å². The van der Waals surface area contributed by atoms with Crippen LogP contribution in [0.5, 0.6) is 0 Å². The maximum absolute atomic E-state index is 12.6. The fraction of sp³-hybridized carbons (Fsp3) is 0.409. The molecule has 154 valence electrons. The number of nitrogens with zero attached hydrogens (tertiary/aromatic N) is 1. The highest BCUT2D eigenvalue weighted by Gasteiger charge is 2.13. The Bertz CT molecular complexity index is 1010. The van der Waals surface area contributed by atoms with Gasteiger partial charge in [0, 0.05) is 17.0 Å². The van der Waals surface area contributed by atoms with Gasteiger partial charge in [0.05, 0.1) is 16.9 Å². The van der Waals surface area contributed by atoms with E-state index in [-0.39, 0.29) is 17.5 Å². The first kappa shape index (κ1) is 21.6. The lowest BCUT2D eigenvalue weighted by Gasteiger charge is -2.14. The van der Waals surface area contributed by atoms with E-state index in [1.54, 1.807) is 0 Å². The van der Waals surface area contributed by atoms with Crippen molar-refractivity contribution in [1.29, 1.82) is 0 Å². The van der Waals surface area contributed by atoms with E-state index in [1.165, 1.54) is 23.1 Å². The minimum absolute atomic E-state index is 0.0252. The van der Waals surface area contributed by atoms with Crippen LogP contribution in [0.2, 0.25) is 0 Å². The number of nitrogens with one attached hydrogen (secondary N) is 2. The van der Waals surface area contributed by atoms with E-state index in [2.05, 4.69) is 29.1 Å². The van der Waals surface area contributed by atoms with E-state index >= 15 is 0 Å². The number of thioether (sulfide) groups is 1. The van der Waals surface area contributed by atoms with Gasteiger partial charge >= 0.3 is 0 Å². The Hall–Kier alpha value is -2.12. The van der Waals surface area contributed by atoms with Crippen molar-refractivity contribution in [3.8, 4) is 11.1 Å². The van der Waals surface area contributed by atoms with Crippen molar-refractivity contribution < 1.29 is 4.79 Å². The van der Waals surface area contributed by atoms with Crippen LogP contribution >= 0.6 is 23.1 Å². The van der Waals surface area contributed by atoms with Crippen molar-refractivity contribution in [2.75, 3.05) is 5.75 Å². The van der Waals surface area contributed by atoms with Crippen molar-refractivity contribution in [1.82, 2.24) is 15.3 Å². The molecule has 1 atom stereocenters. The largest absolute Gasteiger partial charge is 0.353 e. The molecule has 0 spiro atoms. The summed E-state index contributed by atoms with van der Waals surface area (Å²) in [6, 6.07) is 10.0. The standard InChI is InChI=1S/C22H27N3O2S2/c1-14(2)9-10-15(3)23-19(26)13-28-12-18-24-21(27)20-17(11-29-22(20)25-18)16-7-5-4-6-8-16/h4-8,11,14-15H,9-10,12-13H2,1-3H3,(H,23,26)(H,24,25,27). The molecule has 0 aliphatic carbocycles. The average molecular weight is 430 g/mol. The zero-order chi connectivity index (χ0) is 20.8. The first-order valence-corrected chi connectivity index (χ1v) is 11.9. The molecule has 29 heavy (non-hydrogen) atoms. The number of amides is 1. The molecule has 1 amide bonds. The second kappa shape index (κ2) is 10.1. The number of carbonyl (C=O) groups excluding carboxylic acids is 1. The Morgan fingerprint density at radius 1 is 1.21 bits per heavy atom. The summed E-state index contributed by atoms with van der Waals surface area (Å²) < 4.78 is 0. The normalized spacial score (nSPS) is 12.4. The zero-order valence-corrected chi connectivity index (χ0v) is 18.7. The maximum Gasteiger partial charge on any atom is 0.260 e. The second-order valence-corrected chi connectivity index (χ2v) is 9.48. The number of hydrogen-bond acceptors (Lipinski definition) is 5. The van der Waals surface area contributed by atoms with Gasteiger partial charge in [-0.3, -0.25) is 9.59 Å². The van der Waals surface area contributed by atoms with Crippen molar-refractivity contribution in [2.45, 2.75) is 45.4 Å². The van der Waals surface area contributed by atoms with Gasteiger partial charge in [0.25, 0.3) is 5.56 Å². The fourth-order valence-electron chi connectivity index (χ4n) is 3.10. The highest BCUT2D eigenvalue weighted by atomic mass is 32.2. The Kier molecular flexibility index (Phi) is 7.50. The van der Waals surface area contributed by atoms with Crippen molar-refractivity contribution in [2.24, 2.45) is 5.92 Å². The van der Waals surface area contributed by atoms with Gasteiger partial charge in [-0.05, 0) is 31.2 Å². The highest BCUT2D eigenvalue weighted by Crippen LogP contribution is 2.30. The molecule has 0 aliphatic rings. The van der Waals surface area contributed by atoms with Gasteiger partial charge in [-0.2, -0.15) is 0 Å². The van der Waals surface area contributed by atoms with Crippen molar-refractivity contribution in [3.05, 3.63) is 51.9 Å². The molecule has 3 aromatic rings. The molecule has 0 radical (unpaired) electrons. The molecule has 0 bridgehead atoms. The van der Waals surface area contributed by atoms with Gasteiger partial charge in [0.2, 0.25) is 5.91 Å². The van der Waals surface area contributed by atoms with Crippen LogP contribution in [0.15, 0.2) is 40.5 Å². The summed E-state index contributed by atoms with van der Waals surface area (Å²) in [7, 11) is 0. The van der Waals surface area contributed by atoms with Crippen LogP contribution in [0.1, 0.15) is 39.4 Å². The number of aromatic nitrogens is 2. The molecule has 0 aliphatic heterocycles. The van der Waals surface area contributed by atoms with Gasteiger partial charge in [-0.15, -0.1) is 23.1 Å². The van der Waals surface area contributed by atoms with Gasteiger partial charge in [0.1, 0.15) is 10.7 Å². The third-order valence-corrected chi connectivity index (χ3v) is 6.45. The lowest BCUT2D eigenvalue weighted by molar-refractivity contribution is -0.119. The molecule has 2 heterocycles. The predicted octanol–water partition coefficient (Wildman–Crippen LogP) is 4.83. The molecule has 1 aromatic carbocycles. The Morgan fingerprint density at radius 2 is 1.97 bits per heavy atom. The summed E-state index contributed by atoms with van der Waals surface area (Å²) in [5, 5.41) is 5.64. The lowest BCUT2D eigenvalue weighted by Crippen LogP contribution is -2.34. The number of hydrogen-bond donors (Lipinski definition) is 2. The van der Waals surface area contributed by atoms with Gasteiger partial charge < -0.3 is 10.3 Å². The Morgan fingerprint density at radius 3 is 2.69 bits per heavy atom. The van der Waals surface area contributed by atoms with Crippen LogP contribution < -0.4 is 10.9 Å². The first-order valence-electron chi connectivity index (χ1n) is 9.87. The molecular weight excluding hydrogens is 402 g/mol. The molecule has 0 fully saturated rings. The number of thiophene rings is 1.